The molecule has 0 bridgehead atoms. The Morgan fingerprint density at radius 1 is 1.60 bits per heavy atom. The molecule has 0 aromatic carbocycles. The summed E-state index contributed by atoms with van der Waals surface area (Å²) in [5, 5.41) is 6.20. The zero-order valence-electron chi connectivity index (χ0n) is 11.6. The average molecular weight is 342 g/mol. The van der Waals surface area contributed by atoms with Gasteiger partial charge in [0.05, 0.1) is 18.2 Å². The molecular formula is C14H20BrN3O2. The van der Waals surface area contributed by atoms with E-state index in [2.05, 4.69) is 38.5 Å². The van der Waals surface area contributed by atoms with Crippen molar-refractivity contribution in [3.05, 3.63) is 22.3 Å². The minimum atomic E-state index is -0.104. The maximum Gasteiger partial charge on any atom is 0.255 e. The van der Waals surface area contributed by atoms with E-state index in [0.29, 0.717) is 18.0 Å². The van der Waals surface area contributed by atoms with Crippen LogP contribution in [0.5, 0.6) is 0 Å². The molecule has 0 saturated carbocycles. The molecule has 1 aliphatic heterocycles. The van der Waals surface area contributed by atoms with Gasteiger partial charge in [0.1, 0.15) is 5.82 Å². The summed E-state index contributed by atoms with van der Waals surface area (Å²) in [4.78, 5) is 16.7. The van der Waals surface area contributed by atoms with Crippen LogP contribution >= 0.6 is 15.9 Å². The molecule has 6 heteroatoms. The van der Waals surface area contributed by atoms with E-state index in [1.54, 1.807) is 12.3 Å². The Kier molecular flexibility index (Phi) is 5.79. The molecule has 1 aromatic heterocycles. The van der Waals surface area contributed by atoms with Gasteiger partial charge in [0, 0.05) is 23.8 Å². The van der Waals surface area contributed by atoms with Crippen molar-refractivity contribution in [2.45, 2.75) is 32.2 Å². The van der Waals surface area contributed by atoms with Gasteiger partial charge in [0.2, 0.25) is 0 Å². The van der Waals surface area contributed by atoms with Crippen molar-refractivity contribution in [2.24, 2.45) is 0 Å². The highest BCUT2D eigenvalue weighted by atomic mass is 79.9. The Bertz CT molecular complexity index is 462. The van der Waals surface area contributed by atoms with Gasteiger partial charge >= 0.3 is 0 Å². The second-order valence-corrected chi connectivity index (χ2v) is 5.78. The summed E-state index contributed by atoms with van der Waals surface area (Å²) in [6, 6.07) is 1.89. The number of carbonyl (C=O) groups excluding carboxylic acids is 1. The number of halogens is 1. The molecular weight excluding hydrogens is 322 g/mol. The number of rotatable bonds is 5. The van der Waals surface area contributed by atoms with Crippen LogP contribution in [0, 0.1) is 0 Å². The summed E-state index contributed by atoms with van der Waals surface area (Å²) >= 11 is 3.36. The molecule has 110 valence electrons. The molecule has 2 heterocycles. The van der Waals surface area contributed by atoms with Crippen LogP contribution in [0.4, 0.5) is 5.82 Å². The number of nitrogens with one attached hydrogen (secondary N) is 2. The van der Waals surface area contributed by atoms with Crippen LogP contribution in [-0.4, -0.2) is 36.7 Å². The molecule has 20 heavy (non-hydrogen) atoms. The van der Waals surface area contributed by atoms with Gasteiger partial charge in [-0.15, -0.1) is 0 Å². The van der Waals surface area contributed by atoms with Gasteiger partial charge in [-0.3, -0.25) is 4.79 Å². The summed E-state index contributed by atoms with van der Waals surface area (Å²) in [5.74, 6) is 0.525. The molecule has 1 atom stereocenters. The fourth-order valence-electron chi connectivity index (χ4n) is 2.11. The predicted molar refractivity (Wildman–Crippen MR) is 82.0 cm³/mol. The molecule has 5 nitrogen and oxygen atoms in total. The lowest BCUT2D eigenvalue weighted by Gasteiger charge is -2.23. The normalized spacial score (nSPS) is 18.6. The first-order valence-electron chi connectivity index (χ1n) is 6.98. The molecule has 1 aromatic rings. The zero-order valence-corrected chi connectivity index (χ0v) is 13.2. The van der Waals surface area contributed by atoms with Crippen molar-refractivity contribution in [1.29, 1.82) is 0 Å². The lowest BCUT2D eigenvalue weighted by atomic mass is 10.1. The van der Waals surface area contributed by atoms with Crippen molar-refractivity contribution < 1.29 is 9.53 Å². The van der Waals surface area contributed by atoms with Gasteiger partial charge < -0.3 is 15.4 Å². The van der Waals surface area contributed by atoms with E-state index in [4.69, 9.17) is 4.74 Å². The third kappa shape index (κ3) is 4.18. The van der Waals surface area contributed by atoms with Gasteiger partial charge in [0.25, 0.3) is 5.91 Å². The highest BCUT2D eigenvalue weighted by molar-refractivity contribution is 9.10. The monoisotopic (exact) mass is 341 g/mol. The molecule has 0 spiro atoms. The van der Waals surface area contributed by atoms with Crippen molar-refractivity contribution in [2.75, 3.05) is 25.1 Å². The molecule has 1 unspecified atom stereocenters. The molecule has 1 fully saturated rings. The Morgan fingerprint density at radius 3 is 3.15 bits per heavy atom. The molecule has 0 aliphatic carbocycles. The summed E-state index contributed by atoms with van der Waals surface area (Å²) < 4.78 is 6.18. The first-order valence-corrected chi connectivity index (χ1v) is 7.78. The van der Waals surface area contributed by atoms with Crippen LogP contribution < -0.4 is 10.6 Å². The minimum absolute atomic E-state index is 0.0919. The molecule has 2 N–H and O–H groups in total. The van der Waals surface area contributed by atoms with Crippen molar-refractivity contribution >= 4 is 27.7 Å². The van der Waals surface area contributed by atoms with Crippen LogP contribution in [0.2, 0.25) is 0 Å². The van der Waals surface area contributed by atoms with E-state index >= 15 is 0 Å². The summed E-state index contributed by atoms with van der Waals surface area (Å²) in [7, 11) is 0. The maximum absolute atomic E-state index is 12.4. The summed E-state index contributed by atoms with van der Waals surface area (Å²) in [5.41, 5.74) is 0.568. The summed E-state index contributed by atoms with van der Waals surface area (Å²) in [6.45, 7) is 4.24. The van der Waals surface area contributed by atoms with E-state index in [-0.39, 0.29) is 11.9 Å². The lowest BCUT2D eigenvalue weighted by Crippen LogP contribution is -2.40. The SMILES string of the molecule is CCCNc1ncc(Br)cc1C(=O)NC1CCCOC1. The number of nitrogens with zero attached hydrogens (tertiary/aromatic N) is 1. The van der Waals surface area contributed by atoms with Crippen LogP contribution in [0.15, 0.2) is 16.7 Å². The third-order valence-corrected chi connectivity index (χ3v) is 3.57. The molecule has 1 amide bonds. The van der Waals surface area contributed by atoms with Crippen LogP contribution in [0.3, 0.4) is 0 Å². The number of hydrogen-bond donors (Lipinski definition) is 2. The molecule has 0 radical (unpaired) electrons. The first-order chi connectivity index (χ1) is 9.70. The van der Waals surface area contributed by atoms with Gasteiger partial charge in [-0.05, 0) is 41.3 Å². The van der Waals surface area contributed by atoms with Crippen LogP contribution in [0.1, 0.15) is 36.5 Å². The first kappa shape index (κ1) is 15.3. The third-order valence-electron chi connectivity index (χ3n) is 3.14. The van der Waals surface area contributed by atoms with Crippen LogP contribution in [-0.2, 0) is 4.74 Å². The van der Waals surface area contributed by atoms with E-state index in [1.165, 1.54) is 0 Å². The predicted octanol–water partition coefficient (Wildman–Crippen LogP) is 2.57. The van der Waals surface area contributed by atoms with Crippen LogP contribution in [0.25, 0.3) is 0 Å². The zero-order chi connectivity index (χ0) is 14.4. The fraction of sp³-hybridized carbons (Fsp3) is 0.571. The largest absolute Gasteiger partial charge is 0.379 e. The van der Waals surface area contributed by atoms with E-state index in [1.807, 2.05) is 0 Å². The van der Waals surface area contributed by atoms with E-state index in [0.717, 1.165) is 36.9 Å². The number of anilines is 1. The molecule has 2 rings (SSSR count). The van der Waals surface area contributed by atoms with E-state index in [9.17, 15) is 4.79 Å². The van der Waals surface area contributed by atoms with Crippen molar-refractivity contribution in [3.63, 3.8) is 0 Å². The summed E-state index contributed by atoms with van der Waals surface area (Å²) in [6.07, 6.45) is 4.63. The topological polar surface area (TPSA) is 63.2 Å². The second kappa shape index (κ2) is 7.59. The Labute approximate surface area is 127 Å². The van der Waals surface area contributed by atoms with Gasteiger partial charge in [-0.2, -0.15) is 0 Å². The smallest absolute Gasteiger partial charge is 0.255 e. The number of hydrogen-bond acceptors (Lipinski definition) is 4. The molecule has 1 aliphatic rings. The van der Waals surface area contributed by atoms with E-state index < -0.39 is 0 Å². The number of ether oxygens (including phenoxy) is 1. The highest BCUT2D eigenvalue weighted by Gasteiger charge is 2.19. The number of carbonyl (C=O) groups is 1. The van der Waals surface area contributed by atoms with Gasteiger partial charge in [-0.1, -0.05) is 6.92 Å². The number of aromatic nitrogens is 1. The minimum Gasteiger partial charge on any atom is -0.379 e. The number of pyridine rings is 1. The fourth-order valence-corrected chi connectivity index (χ4v) is 2.45. The van der Waals surface area contributed by atoms with Crippen molar-refractivity contribution in [3.8, 4) is 0 Å². The van der Waals surface area contributed by atoms with Crippen molar-refractivity contribution in [1.82, 2.24) is 10.3 Å². The standard InChI is InChI=1S/C14H20BrN3O2/c1-2-5-16-13-12(7-10(15)8-17-13)14(19)18-11-4-3-6-20-9-11/h7-8,11H,2-6,9H2,1H3,(H,16,17)(H,18,19). The maximum atomic E-state index is 12.4. The average Bonchev–Trinajstić information content (AvgIpc) is 2.47. The van der Waals surface area contributed by atoms with Gasteiger partial charge in [-0.25, -0.2) is 4.98 Å². The lowest BCUT2D eigenvalue weighted by molar-refractivity contribution is 0.0624. The number of amides is 1. The Morgan fingerprint density at radius 2 is 2.45 bits per heavy atom. The quantitative estimate of drug-likeness (QED) is 0.863. The Hall–Kier alpha value is -1.14. The van der Waals surface area contributed by atoms with Gasteiger partial charge in [0.15, 0.2) is 0 Å². The highest BCUT2D eigenvalue weighted by Crippen LogP contribution is 2.19. The Balaban J connectivity index is 2.08. The second-order valence-electron chi connectivity index (χ2n) is 4.86. The molecule has 1 saturated heterocycles.